The zero-order valence-electron chi connectivity index (χ0n) is 7.23. The molecule has 0 aromatic carbocycles. The lowest BCUT2D eigenvalue weighted by atomic mass is 10.3. The van der Waals surface area contributed by atoms with Crippen LogP contribution in [0.4, 0.5) is 0 Å². The van der Waals surface area contributed by atoms with Crippen LogP contribution in [0.1, 0.15) is 5.82 Å². The first-order valence-electron chi connectivity index (χ1n) is 3.58. The van der Waals surface area contributed by atoms with E-state index >= 15 is 0 Å². The van der Waals surface area contributed by atoms with Crippen molar-refractivity contribution in [2.24, 2.45) is 7.05 Å². The molecule has 0 aliphatic carbocycles. The lowest BCUT2D eigenvalue weighted by Gasteiger charge is -1.96. The van der Waals surface area contributed by atoms with E-state index in [2.05, 4.69) is 4.98 Å². The van der Waals surface area contributed by atoms with Crippen LogP contribution >= 0.6 is 11.6 Å². The molecule has 0 radical (unpaired) electrons. The van der Waals surface area contributed by atoms with E-state index in [4.69, 9.17) is 22.0 Å². The van der Waals surface area contributed by atoms with Gasteiger partial charge in [-0.1, -0.05) is 11.6 Å². The summed E-state index contributed by atoms with van der Waals surface area (Å²) in [6.45, 7) is 0. The van der Waals surface area contributed by atoms with Gasteiger partial charge in [-0.3, -0.25) is 0 Å². The fourth-order valence-corrected chi connectivity index (χ4v) is 0.942. The van der Waals surface area contributed by atoms with Crippen LogP contribution in [-0.4, -0.2) is 20.6 Å². The van der Waals surface area contributed by atoms with Crippen molar-refractivity contribution in [3.8, 4) is 6.07 Å². The summed E-state index contributed by atoms with van der Waals surface area (Å²) in [6.07, 6.45) is 2.54. The van der Waals surface area contributed by atoms with Crippen LogP contribution in [0.15, 0.2) is 11.8 Å². The summed E-state index contributed by atoms with van der Waals surface area (Å²) >= 11 is 5.68. The minimum atomic E-state index is -1.29. The van der Waals surface area contributed by atoms with Crippen LogP contribution in [0.5, 0.6) is 0 Å². The quantitative estimate of drug-likeness (QED) is 0.586. The highest BCUT2D eigenvalue weighted by molar-refractivity contribution is 6.29. The van der Waals surface area contributed by atoms with Crippen LogP contribution < -0.4 is 0 Å². The van der Waals surface area contributed by atoms with Crippen LogP contribution in [0.25, 0.3) is 6.08 Å². The first-order valence-corrected chi connectivity index (χ1v) is 3.96. The van der Waals surface area contributed by atoms with Crippen molar-refractivity contribution in [1.82, 2.24) is 9.55 Å². The molecular formula is C8H6ClN3O2. The van der Waals surface area contributed by atoms with E-state index < -0.39 is 5.97 Å². The highest BCUT2D eigenvalue weighted by atomic mass is 35.5. The molecule has 1 aromatic heterocycles. The molecule has 72 valence electrons. The standard InChI is InChI=1S/C8H6ClN3O2/c1-12-6(9)4-11-7(12)2-5(3-10)8(13)14/h2,4H,1H3,(H,13,14)/b5-2-. The Balaban J connectivity index is 3.15. The normalized spacial score (nSPS) is 11.1. The fourth-order valence-electron chi connectivity index (χ4n) is 0.807. The number of nitriles is 1. The van der Waals surface area contributed by atoms with Crippen molar-refractivity contribution in [3.05, 3.63) is 22.7 Å². The van der Waals surface area contributed by atoms with Gasteiger partial charge in [-0.25, -0.2) is 9.78 Å². The second-order valence-electron chi connectivity index (χ2n) is 2.47. The van der Waals surface area contributed by atoms with E-state index in [1.54, 1.807) is 13.1 Å². The molecule has 1 heterocycles. The Morgan fingerprint density at radius 1 is 1.86 bits per heavy atom. The number of aromatic nitrogens is 2. The Bertz CT molecular complexity index is 442. The van der Waals surface area contributed by atoms with Crippen LogP contribution in [0, 0.1) is 11.3 Å². The van der Waals surface area contributed by atoms with Gasteiger partial charge in [0.25, 0.3) is 0 Å². The third-order valence-corrected chi connectivity index (χ3v) is 1.94. The predicted molar refractivity (Wildman–Crippen MR) is 49.4 cm³/mol. The molecule has 1 N–H and O–H groups in total. The summed E-state index contributed by atoms with van der Waals surface area (Å²) in [4.78, 5) is 14.3. The number of carboxylic acids is 1. The molecular weight excluding hydrogens is 206 g/mol. The smallest absolute Gasteiger partial charge is 0.346 e. The predicted octanol–water partition coefficient (Wildman–Crippen LogP) is 1.07. The summed E-state index contributed by atoms with van der Waals surface area (Å²) in [5.74, 6) is -0.958. The molecule has 0 saturated heterocycles. The zero-order valence-corrected chi connectivity index (χ0v) is 7.99. The number of rotatable bonds is 2. The number of halogens is 1. The van der Waals surface area contributed by atoms with Crippen molar-refractivity contribution in [2.45, 2.75) is 0 Å². The summed E-state index contributed by atoms with van der Waals surface area (Å²) in [5.41, 5.74) is -0.379. The summed E-state index contributed by atoms with van der Waals surface area (Å²) < 4.78 is 1.47. The van der Waals surface area contributed by atoms with Gasteiger partial charge in [-0.05, 0) is 0 Å². The van der Waals surface area contributed by atoms with Gasteiger partial charge in [0.1, 0.15) is 22.6 Å². The average molecular weight is 212 g/mol. The van der Waals surface area contributed by atoms with Gasteiger partial charge in [-0.2, -0.15) is 5.26 Å². The monoisotopic (exact) mass is 211 g/mol. The maximum absolute atomic E-state index is 10.5. The first-order chi connectivity index (χ1) is 6.56. The third-order valence-electron chi connectivity index (χ3n) is 1.59. The Morgan fingerprint density at radius 2 is 2.50 bits per heavy atom. The number of nitrogens with zero attached hydrogens (tertiary/aromatic N) is 3. The fraction of sp³-hybridized carbons (Fsp3) is 0.125. The van der Waals surface area contributed by atoms with Crippen LogP contribution in [0.2, 0.25) is 5.15 Å². The van der Waals surface area contributed by atoms with Crippen molar-refractivity contribution in [2.75, 3.05) is 0 Å². The molecule has 14 heavy (non-hydrogen) atoms. The molecule has 0 atom stereocenters. The largest absolute Gasteiger partial charge is 0.477 e. The van der Waals surface area contributed by atoms with Gasteiger partial charge < -0.3 is 9.67 Å². The van der Waals surface area contributed by atoms with Crippen molar-refractivity contribution in [1.29, 1.82) is 5.26 Å². The topological polar surface area (TPSA) is 78.9 Å². The molecule has 0 amide bonds. The third kappa shape index (κ3) is 1.92. The number of aliphatic carboxylic acids is 1. The first kappa shape index (κ1) is 10.3. The van der Waals surface area contributed by atoms with E-state index in [1.165, 1.54) is 10.8 Å². The van der Waals surface area contributed by atoms with Crippen LogP contribution in [0.3, 0.4) is 0 Å². The molecule has 0 fully saturated rings. The second-order valence-corrected chi connectivity index (χ2v) is 2.86. The zero-order chi connectivity index (χ0) is 10.7. The lowest BCUT2D eigenvalue weighted by molar-refractivity contribution is -0.132. The Morgan fingerprint density at radius 3 is 2.86 bits per heavy atom. The van der Waals surface area contributed by atoms with Gasteiger partial charge in [0, 0.05) is 13.1 Å². The van der Waals surface area contributed by atoms with Gasteiger partial charge in [0.15, 0.2) is 0 Å². The number of carboxylic acid groups (broad SMARTS) is 1. The molecule has 1 rings (SSSR count). The highest BCUT2D eigenvalue weighted by Crippen LogP contribution is 2.11. The SMILES string of the molecule is Cn1c(Cl)cnc1/C=C(/C#N)C(=O)O. The van der Waals surface area contributed by atoms with E-state index in [1.807, 2.05) is 0 Å². The minimum absolute atomic E-state index is 0.328. The van der Waals surface area contributed by atoms with Gasteiger partial charge in [0.05, 0.1) is 6.20 Å². The van der Waals surface area contributed by atoms with Gasteiger partial charge in [-0.15, -0.1) is 0 Å². The number of hydrogen-bond acceptors (Lipinski definition) is 3. The summed E-state index contributed by atoms with van der Waals surface area (Å²) in [7, 11) is 1.62. The van der Waals surface area contributed by atoms with Gasteiger partial charge in [0.2, 0.25) is 0 Å². The van der Waals surface area contributed by atoms with Crippen LogP contribution in [-0.2, 0) is 11.8 Å². The molecule has 1 aromatic rings. The van der Waals surface area contributed by atoms with Crippen molar-refractivity contribution in [3.63, 3.8) is 0 Å². The lowest BCUT2D eigenvalue weighted by Crippen LogP contribution is -2.00. The maximum Gasteiger partial charge on any atom is 0.346 e. The number of carbonyl (C=O) groups is 1. The molecule has 0 spiro atoms. The molecule has 0 bridgehead atoms. The molecule has 0 aliphatic rings. The summed E-state index contributed by atoms with van der Waals surface area (Å²) in [5, 5.41) is 17.4. The highest BCUT2D eigenvalue weighted by Gasteiger charge is 2.08. The van der Waals surface area contributed by atoms with Gasteiger partial charge >= 0.3 is 5.97 Å². The molecule has 0 aliphatic heterocycles. The maximum atomic E-state index is 10.5. The second kappa shape index (κ2) is 3.94. The molecule has 5 nitrogen and oxygen atoms in total. The Labute approximate surface area is 84.9 Å². The van der Waals surface area contributed by atoms with E-state index in [-0.39, 0.29) is 5.57 Å². The average Bonchev–Trinajstić information content (AvgIpc) is 2.44. The Hall–Kier alpha value is -1.80. The number of hydrogen-bond donors (Lipinski definition) is 1. The van der Waals surface area contributed by atoms with Crippen molar-refractivity contribution < 1.29 is 9.90 Å². The summed E-state index contributed by atoms with van der Waals surface area (Å²) in [6, 6.07) is 1.55. The molecule has 6 heteroatoms. The van der Waals surface area contributed by atoms with Crippen molar-refractivity contribution >= 4 is 23.6 Å². The number of imidazole rings is 1. The van der Waals surface area contributed by atoms with E-state index in [9.17, 15) is 4.79 Å². The molecule has 0 unspecified atom stereocenters. The molecule has 0 saturated carbocycles. The Kier molecular flexibility index (Phi) is 2.89. The van der Waals surface area contributed by atoms with E-state index in [0.29, 0.717) is 11.0 Å². The minimum Gasteiger partial charge on any atom is -0.477 e. The van der Waals surface area contributed by atoms with E-state index in [0.717, 1.165) is 6.08 Å².